The Morgan fingerprint density at radius 2 is 2.12 bits per heavy atom. The van der Waals surface area contributed by atoms with Crippen LogP contribution in [0.1, 0.15) is 46.0 Å². The van der Waals surface area contributed by atoms with Gasteiger partial charge in [-0.3, -0.25) is 4.79 Å². The Balaban J connectivity index is 2.64. The number of rotatable bonds is 9. The summed E-state index contributed by atoms with van der Waals surface area (Å²) in [5.74, 6) is -0.256. The largest absolute Gasteiger partial charge is 0.465 e. The second-order valence-corrected chi connectivity index (χ2v) is 7.13. The zero-order valence-corrected chi connectivity index (χ0v) is 17.6. The Bertz CT molecular complexity index is 650. The third-order valence-corrected chi connectivity index (χ3v) is 5.09. The smallest absolute Gasteiger partial charge is 0.337 e. The average Bonchev–Trinajstić information content (AvgIpc) is 2.82. The number of hydrogen-bond acceptors (Lipinski definition) is 3. The predicted octanol–water partition coefficient (Wildman–Crippen LogP) is 5.64. The van der Waals surface area contributed by atoms with E-state index in [1.165, 1.54) is 24.3 Å². The fourth-order valence-electron chi connectivity index (χ4n) is 2.77. The zero-order valence-electron chi connectivity index (χ0n) is 16.0. The summed E-state index contributed by atoms with van der Waals surface area (Å²) in [5.41, 5.74) is 4.13. The molecule has 0 N–H and O–H groups in total. The first-order chi connectivity index (χ1) is 12.4. The van der Waals surface area contributed by atoms with Crippen LogP contribution in [0.25, 0.3) is 0 Å². The van der Waals surface area contributed by atoms with Crippen molar-refractivity contribution in [1.29, 1.82) is 0 Å². The van der Waals surface area contributed by atoms with E-state index in [1.54, 1.807) is 6.08 Å². The lowest BCUT2D eigenvalue weighted by Gasteiger charge is -2.11. The van der Waals surface area contributed by atoms with Gasteiger partial charge in [-0.1, -0.05) is 58.8 Å². The van der Waals surface area contributed by atoms with E-state index < -0.39 is 0 Å². The van der Waals surface area contributed by atoms with E-state index in [1.807, 2.05) is 6.08 Å². The van der Waals surface area contributed by atoms with Crippen LogP contribution < -0.4 is 0 Å². The molecule has 0 spiro atoms. The summed E-state index contributed by atoms with van der Waals surface area (Å²) < 4.78 is 4.77. The fourth-order valence-corrected chi connectivity index (χ4v) is 3.35. The second kappa shape index (κ2) is 11.8. The van der Waals surface area contributed by atoms with Crippen molar-refractivity contribution < 1.29 is 14.3 Å². The molecule has 142 valence electrons. The molecule has 0 aliphatic heterocycles. The standard InChI is InChI=1S/C22H29BrO3/c1-5-17(3)20(15-23)10-9-16(2)7-6-8-18-13-19(22(25)26-4)11-12-21(24)14-18/h9-13,18H,3,5-8,14-15H2,1-2,4H3. The lowest BCUT2D eigenvalue weighted by atomic mass is 9.94. The normalized spacial score (nSPS) is 18.4. The van der Waals surface area contributed by atoms with E-state index in [0.717, 1.165) is 36.6 Å². The molecule has 0 saturated carbocycles. The van der Waals surface area contributed by atoms with Crippen molar-refractivity contribution in [2.45, 2.75) is 46.0 Å². The highest BCUT2D eigenvalue weighted by Crippen LogP contribution is 2.23. The summed E-state index contributed by atoms with van der Waals surface area (Å²) in [6.07, 6.45) is 13.4. The zero-order chi connectivity index (χ0) is 19.5. The van der Waals surface area contributed by atoms with Gasteiger partial charge in [-0.25, -0.2) is 4.79 Å². The highest BCUT2D eigenvalue weighted by molar-refractivity contribution is 9.09. The van der Waals surface area contributed by atoms with Crippen molar-refractivity contribution in [3.63, 3.8) is 0 Å². The van der Waals surface area contributed by atoms with Crippen molar-refractivity contribution in [1.82, 2.24) is 0 Å². The molecule has 1 aliphatic carbocycles. The number of alkyl halides is 1. The number of ketones is 1. The first-order valence-corrected chi connectivity index (χ1v) is 10.1. The summed E-state index contributed by atoms with van der Waals surface area (Å²) in [5, 5.41) is 0.807. The quantitative estimate of drug-likeness (QED) is 0.275. The lowest BCUT2D eigenvalue weighted by Crippen LogP contribution is -2.06. The van der Waals surface area contributed by atoms with E-state index in [-0.39, 0.29) is 17.7 Å². The lowest BCUT2D eigenvalue weighted by molar-refractivity contribution is -0.135. The molecule has 1 rings (SSSR count). The molecule has 0 bridgehead atoms. The number of carbonyl (C=O) groups is 2. The summed E-state index contributed by atoms with van der Waals surface area (Å²) >= 11 is 3.51. The average molecular weight is 421 g/mol. The highest BCUT2D eigenvalue weighted by Gasteiger charge is 2.17. The molecule has 0 aromatic rings. The van der Waals surface area contributed by atoms with Crippen molar-refractivity contribution >= 4 is 27.7 Å². The molecule has 4 heteroatoms. The first kappa shape index (κ1) is 22.4. The molecule has 1 atom stereocenters. The van der Waals surface area contributed by atoms with Gasteiger partial charge in [0.25, 0.3) is 0 Å². The van der Waals surface area contributed by atoms with Gasteiger partial charge in [0.1, 0.15) is 0 Å². The van der Waals surface area contributed by atoms with Gasteiger partial charge in [0, 0.05) is 11.8 Å². The van der Waals surface area contributed by atoms with Crippen LogP contribution in [0.2, 0.25) is 0 Å². The summed E-state index contributed by atoms with van der Waals surface area (Å²) in [6, 6.07) is 0. The third-order valence-electron chi connectivity index (χ3n) is 4.49. The monoisotopic (exact) mass is 420 g/mol. The Morgan fingerprint density at radius 1 is 1.38 bits per heavy atom. The van der Waals surface area contributed by atoms with Gasteiger partial charge in [0.05, 0.1) is 12.7 Å². The van der Waals surface area contributed by atoms with Crippen LogP contribution >= 0.6 is 15.9 Å². The highest BCUT2D eigenvalue weighted by atomic mass is 79.9. The van der Waals surface area contributed by atoms with Crippen LogP contribution in [-0.4, -0.2) is 24.2 Å². The minimum absolute atomic E-state index is 0.0559. The molecule has 0 aromatic heterocycles. The van der Waals surface area contributed by atoms with E-state index in [2.05, 4.69) is 48.5 Å². The maximum absolute atomic E-state index is 11.8. The minimum atomic E-state index is -0.388. The van der Waals surface area contributed by atoms with E-state index in [9.17, 15) is 9.59 Å². The molecular weight excluding hydrogens is 392 g/mol. The predicted molar refractivity (Wildman–Crippen MR) is 111 cm³/mol. The molecule has 1 unspecified atom stereocenters. The van der Waals surface area contributed by atoms with Crippen LogP contribution in [0, 0.1) is 5.92 Å². The number of ether oxygens (including phenoxy) is 1. The summed E-state index contributed by atoms with van der Waals surface area (Å²) in [7, 11) is 1.36. The van der Waals surface area contributed by atoms with Crippen LogP contribution in [0.4, 0.5) is 0 Å². The molecule has 0 radical (unpaired) electrons. The first-order valence-electron chi connectivity index (χ1n) is 9.02. The number of allylic oxidation sites excluding steroid dienone is 7. The number of hydrogen-bond donors (Lipinski definition) is 0. The number of methoxy groups -OCH3 is 1. The molecular formula is C22H29BrO3. The molecule has 0 saturated heterocycles. The van der Waals surface area contributed by atoms with Gasteiger partial charge < -0.3 is 4.74 Å². The van der Waals surface area contributed by atoms with Gasteiger partial charge in [-0.05, 0) is 56.3 Å². The summed E-state index contributed by atoms with van der Waals surface area (Å²) in [4.78, 5) is 23.6. The van der Waals surface area contributed by atoms with Gasteiger partial charge >= 0.3 is 5.97 Å². The number of halogens is 1. The van der Waals surface area contributed by atoms with Crippen molar-refractivity contribution in [3.05, 3.63) is 59.3 Å². The SMILES string of the molecule is C=C(CC)C(=CC=C(C)CCCC1C=C(C(=O)OC)C=CC(=O)C1)CBr. The molecule has 0 heterocycles. The fraction of sp³-hybridized carbons (Fsp3) is 0.455. The molecule has 3 nitrogen and oxygen atoms in total. The van der Waals surface area contributed by atoms with E-state index in [0.29, 0.717) is 12.0 Å². The molecule has 1 aliphatic rings. The third kappa shape index (κ3) is 7.69. The Kier molecular flexibility index (Phi) is 10.2. The molecule has 0 aromatic carbocycles. The molecule has 0 fully saturated rings. The Morgan fingerprint density at radius 3 is 2.73 bits per heavy atom. The van der Waals surface area contributed by atoms with Crippen molar-refractivity contribution in [2.75, 3.05) is 12.4 Å². The van der Waals surface area contributed by atoms with Crippen molar-refractivity contribution in [3.8, 4) is 0 Å². The van der Waals surface area contributed by atoms with Gasteiger partial charge in [-0.15, -0.1) is 0 Å². The van der Waals surface area contributed by atoms with Crippen molar-refractivity contribution in [2.24, 2.45) is 5.92 Å². The maximum Gasteiger partial charge on any atom is 0.337 e. The second-order valence-electron chi connectivity index (χ2n) is 6.57. The Labute approximate surface area is 165 Å². The van der Waals surface area contributed by atoms with Crippen LogP contribution in [0.15, 0.2) is 59.3 Å². The number of carbonyl (C=O) groups excluding carboxylic acids is 2. The molecule has 0 amide bonds. The van der Waals surface area contributed by atoms with E-state index in [4.69, 9.17) is 4.74 Å². The Hall–Kier alpha value is -1.68. The minimum Gasteiger partial charge on any atom is -0.465 e. The van der Waals surface area contributed by atoms with Crippen LogP contribution in [0.3, 0.4) is 0 Å². The van der Waals surface area contributed by atoms with Crippen LogP contribution in [-0.2, 0) is 14.3 Å². The topological polar surface area (TPSA) is 43.4 Å². The summed E-state index contributed by atoms with van der Waals surface area (Å²) in [6.45, 7) is 8.30. The molecule has 26 heavy (non-hydrogen) atoms. The van der Waals surface area contributed by atoms with Gasteiger partial charge in [-0.2, -0.15) is 0 Å². The number of esters is 1. The van der Waals surface area contributed by atoms with Crippen LogP contribution in [0.5, 0.6) is 0 Å². The van der Waals surface area contributed by atoms with Gasteiger partial charge in [0.2, 0.25) is 0 Å². The maximum atomic E-state index is 11.8. The van der Waals surface area contributed by atoms with Gasteiger partial charge in [0.15, 0.2) is 5.78 Å². The van der Waals surface area contributed by atoms with E-state index >= 15 is 0 Å².